The molecule has 0 saturated carbocycles. The van der Waals surface area contributed by atoms with Crippen molar-refractivity contribution in [3.8, 4) is 0 Å². The van der Waals surface area contributed by atoms with Gasteiger partial charge in [0.15, 0.2) is 6.04 Å². The Bertz CT molecular complexity index is 708. The molecule has 0 aromatic heterocycles. The number of carboxylic acids is 1. The number of aliphatic carboxylic acids is 1. The van der Waals surface area contributed by atoms with Crippen LogP contribution >= 0.6 is 11.6 Å². The van der Waals surface area contributed by atoms with Gasteiger partial charge < -0.3 is 15.2 Å². The lowest BCUT2D eigenvalue weighted by atomic mass is 10.1. The van der Waals surface area contributed by atoms with E-state index in [0.29, 0.717) is 0 Å². The first-order chi connectivity index (χ1) is 11.0. The van der Waals surface area contributed by atoms with Crippen LogP contribution in [0.1, 0.15) is 17.2 Å². The van der Waals surface area contributed by atoms with Gasteiger partial charge in [-0.05, 0) is 11.6 Å². The lowest BCUT2D eigenvalue weighted by Crippen LogP contribution is -2.34. The van der Waals surface area contributed by atoms with Crippen LogP contribution in [0.25, 0.3) is 0 Å². The second kappa shape index (κ2) is 7.60. The Labute approximate surface area is 136 Å². The predicted molar refractivity (Wildman–Crippen MR) is 81.5 cm³/mol. The van der Waals surface area contributed by atoms with Crippen LogP contribution < -0.4 is 5.32 Å². The number of benzene rings is 2. The van der Waals surface area contributed by atoms with Crippen molar-refractivity contribution in [3.05, 3.63) is 70.5 Å². The summed E-state index contributed by atoms with van der Waals surface area (Å²) in [7, 11) is 0. The molecule has 0 aliphatic carbocycles. The molecule has 0 radical (unpaired) electrons. The van der Waals surface area contributed by atoms with Crippen LogP contribution in [0.15, 0.2) is 48.5 Å². The molecule has 2 rings (SSSR count). The average Bonchev–Trinajstić information content (AvgIpc) is 2.54. The molecule has 1 atom stereocenters. The summed E-state index contributed by atoms with van der Waals surface area (Å²) < 4.78 is 18.9. The van der Waals surface area contributed by atoms with Gasteiger partial charge in [-0.2, -0.15) is 0 Å². The number of rotatable bonds is 5. The minimum atomic E-state index is -1.60. The second-order valence-corrected chi connectivity index (χ2v) is 5.03. The van der Waals surface area contributed by atoms with Gasteiger partial charge in [-0.25, -0.2) is 14.0 Å². The third-order valence-electron chi connectivity index (χ3n) is 3.01. The maximum atomic E-state index is 13.9. The molecule has 2 N–H and O–H groups in total. The maximum absolute atomic E-state index is 13.9. The number of hydrogen-bond donors (Lipinski definition) is 2. The molecule has 23 heavy (non-hydrogen) atoms. The number of amides is 1. The number of halogens is 2. The predicted octanol–water partition coefficient (Wildman–Crippen LogP) is 3.53. The first-order valence-electron chi connectivity index (χ1n) is 6.63. The zero-order valence-corrected chi connectivity index (χ0v) is 12.6. The Morgan fingerprint density at radius 3 is 2.52 bits per heavy atom. The lowest BCUT2D eigenvalue weighted by molar-refractivity contribution is -0.139. The van der Waals surface area contributed by atoms with Crippen molar-refractivity contribution < 1.29 is 23.8 Å². The van der Waals surface area contributed by atoms with E-state index in [1.54, 1.807) is 24.3 Å². The van der Waals surface area contributed by atoms with Gasteiger partial charge in [-0.1, -0.05) is 54.1 Å². The van der Waals surface area contributed by atoms with Crippen molar-refractivity contribution in [2.24, 2.45) is 0 Å². The molecule has 0 aliphatic rings. The van der Waals surface area contributed by atoms with Crippen molar-refractivity contribution in [2.75, 3.05) is 0 Å². The summed E-state index contributed by atoms with van der Waals surface area (Å²) in [4.78, 5) is 23.0. The highest BCUT2D eigenvalue weighted by Gasteiger charge is 2.26. The third-order valence-corrected chi connectivity index (χ3v) is 3.31. The minimum Gasteiger partial charge on any atom is -0.479 e. The van der Waals surface area contributed by atoms with Crippen LogP contribution in [0.3, 0.4) is 0 Å². The first kappa shape index (κ1) is 16.8. The van der Waals surface area contributed by atoms with E-state index in [-0.39, 0.29) is 17.2 Å². The van der Waals surface area contributed by atoms with Gasteiger partial charge in [0.25, 0.3) is 0 Å². The number of ether oxygens (including phenoxy) is 1. The summed E-state index contributed by atoms with van der Waals surface area (Å²) in [6.07, 6.45) is -0.972. The van der Waals surface area contributed by atoms with Crippen molar-refractivity contribution in [3.63, 3.8) is 0 Å². The number of carbonyl (C=O) groups excluding carboxylic acids is 1. The highest BCUT2D eigenvalue weighted by molar-refractivity contribution is 6.30. The smallest absolute Gasteiger partial charge is 0.408 e. The Morgan fingerprint density at radius 1 is 1.17 bits per heavy atom. The molecule has 0 spiro atoms. The summed E-state index contributed by atoms with van der Waals surface area (Å²) in [5.74, 6) is -2.33. The molecule has 7 heteroatoms. The van der Waals surface area contributed by atoms with Crippen molar-refractivity contribution >= 4 is 23.7 Å². The van der Waals surface area contributed by atoms with Crippen LogP contribution in [-0.4, -0.2) is 17.2 Å². The molecule has 1 amide bonds. The number of alkyl carbamates (subject to hydrolysis) is 1. The lowest BCUT2D eigenvalue weighted by Gasteiger charge is -2.16. The molecule has 5 nitrogen and oxygen atoms in total. The first-order valence-corrected chi connectivity index (χ1v) is 7.00. The topological polar surface area (TPSA) is 75.6 Å². The number of carboxylic acid groups (broad SMARTS) is 1. The Hall–Kier alpha value is -2.60. The Balaban J connectivity index is 2.06. The summed E-state index contributed by atoms with van der Waals surface area (Å²) in [6.45, 7) is -0.0307. The molecule has 1 unspecified atom stereocenters. The van der Waals surface area contributed by atoms with Gasteiger partial charge in [-0.3, -0.25) is 0 Å². The molecule has 0 fully saturated rings. The highest BCUT2D eigenvalue weighted by atomic mass is 35.5. The fourth-order valence-electron chi connectivity index (χ4n) is 1.90. The van der Waals surface area contributed by atoms with Crippen LogP contribution in [0.2, 0.25) is 5.02 Å². The Morgan fingerprint density at radius 2 is 1.87 bits per heavy atom. The molecule has 0 aliphatic heterocycles. The van der Waals surface area contributed by atoms with Crippen molar-refractivity contribution in [2.45, 2.75) is 12.6 Å². The molecule has 0 heterocycles. The Kier molecular flexibility index (Phi) is 5.54. The van der Waals surface area contributed by atoms with Crippen LogP contribution in [0.5, 0.6) is 0 Å². The molecule has 2 aromatic carbocycles. The maximum Gasteiger partial charge on any atom is 0.408 e. The molecular formula is C16H13ClFNO4. The zero-order valence-electron chi connectivity index (χ0n) is 11.8. The van der Waals surface area contributed by atoms with E-state index in [2.05, 4.69) is 5.32 Å². The standard InChI is InChI=1S/C16H13ClFNO4/c17-12-8-4-7-11(13(12)18)14(15(20)21)19-16(22)23-9-10-5-2-1-3-6-10/h1-8,14H,9H2,(H,19,22)(H,20,21). The number of hydrogen-bond acceptors (Lipinski definition) is 3. The summed E-state index contributed by atoms with van der Waals surface area (Å²) in [6, 6.07) is 11.2. The van der Waals surface area contributed by atoms with E-state index in [1.807, 2.05) is 6.07 Å². The van der Waals surface area contributed by atoms with E-state index in [1.165, 1.54) is 18.2 Å². The van der Waals surface area contributed by atoms with Gasteiger partial charge in [0, 0.05) is 5.56 Å². The molecule has 0 bridgehead atoms. The van der Waals surface area contributed by atoms with Crippen molar-refractivity contribution in [1.29, 1.82) is 0 Å². The van der Waals surface area contributed by atoms with Gasteiger partial charge in [-0.15, -0.1) is 0 Å². The minimum absolute atomic E-state index is 0.0307. The normalized spacial score (nSPS) is 11.6. The monoisotopic (exact) mass is 337 g/mol. The summed E-state index contributed by atoms with van der Waals surface area (Å²) in [5.41, 5.74) is 0.491. The fourth-order valence-corrected chi connectivity index (χ4v) is 2.08. The van der Waals surface area contributed by atoms with Crippen LogP contribution in [-0.2, 0) is 16.1 Å². The largest absolute Gasteiger partial charge is 0.479 e. The van der Waals surface area contributed by atoms with E-state index in [9.17, 15) is 19.1 Å². The molecular weight excluding hydrogens is 325 g/mol. The summed E-state index contributed by atoms with van der Waals surface area (Å²) in [5, 5.41) is 11.1. The number of carbonyl (C=O) groups is 2. The van der Waals surface area contributed by atoms with E-state index >= 15 is 0 Å². The SMILES string of the molecule is O=C(NC(C(=O)O)c1cccc(Cl)c1F)OCc1ccccc1. The average molecular weight is 338 g/mol. The molecule has 2 aromatic rings. The second-order valence-electron chi connectivity index (χ2n) is 4.62. The van der Waals surface area contributed by atoms with E-state index in [0.717, 1.165) is 5.56 Å². The zero-order chi connectivity index (χ0) is 16.8. The molecule has 0 saturated heterocycles. The third kappa shape index (κ3) is 4.43. The fraction of sp³-hybridized carbons (Fsp3) is 0.125. The quantitative estimate of drug-likeness (QED) is 0.875. The summed E-state index contributed by atoms with van der Waals surface area (Å²) >= 11 is 5.63. The van der Waals surface area contributed by atoms with Crippen molar-refractivity contribution in [1.82, 2.24) is 5.32 Å². The molecule has 120 valence electrons. The van der Waals surface area contributed by atoms with Crippen LogP contribution in [0.4, 0.5) is 9.18 Å². The van der Waals surface area contributed by atoms with E-state index in [4.69, 9.17) is 16.3 Å². The van der Waals surface area contributed by atoms with Gasteiger partial charge in [0.1, 0.15) is 12.4 Å². The van der Waals surface area contributed by atoms with E-state index < -0.39 is 23.9 Å². The highest BCUT2D eigenvalue weighted by Crippen LogP contribution is 2.23. The van der Waals surface area contributed by atoms with Crippen LogP contribution in [0, 0.1) is 5.82 Å². The van der Waals surface area contributed by atoms with Gasteiger partial charge in [0.2, 0.25) is 0 Å². The number of nitrogens with one attached hydrogen (secondary N) is 1. The van der Waals surface area contributed by atoms with Gasteiger partial charge in [0.05, 0.1) is 5.02 Å². The van der Waals surface area contributed by atoms with Gasteiger partial charge >= 0.3 is 12.1 Å².